The summed E-state index contributed by atoms with van der Waals surface area (Å²) in [6, 6.07) is 17.6. The van der Waals surface area contributed by atoms with Crippen LogP contribution in [0.4, 0.5) is 11.4 Å². The highest BCUT2D eigenvalue weighted by Gasteiger charge is 2.33. The van der Waals surface area contributed by atoms with Gasteiger partial charge >= 0.3 is 0 Å². The summed E-state index contributed by atoms with van der Waals surface area (Å²) in [6.07, 6.45) is 1.88. The molecule has 0 saturated carbocycles. The first-order chi connectivity index (χ1) is 9.68. The third-order valence-corrected chi connectivity index (χ3v) is 3.27. The SMILES string of the molecule is CN(C)/C=C1/C(=O)N(c2ccccc2)c2ccccc21. The van der Waals surface area contributed by atoms with Crippen molar-refractivity contribution in [1.29, 1.82) is 0 Å². The minimum Gasteiger partial charge on any atom is -0.383 e. The lowest BCUT2D eigenvalue weighted by molar-refractivity contribution is -0.112. The first kappa shape index (κ1) is 12.5. The summed E-state index contributed by atoms with van der Waals surface area (Å²) < 4.78 is 0. The quantitative estimate of drug-likeness (QED) is 0.777. The van der Waals surface area contributed by atoms with E-state index < -0.39 is 0 Å². The van der Waals surface area contributed by atoms with E-state index >= 15 is 0 Å². The molecule has 3 heteroatoms. The van der Waals surface area contributed by atoms with Gasteiger partial charge in [-0.2, -0.15) is 0 Å². The molecule has 0 aliphatic carbocycles. The van der Waals surface area contributed by atoms with Crippen LogP contribution in [0.15, 0.2) is 60.8 Å². The van der Waals surface area contributed by atoms with Crippen LogP contribution in [-0.4, -0.2) is 24.9 Å². The number of para-hydroxylation sites is 2. The van der Waals surface area contributed by atoms with Gasteiger partial charge < -0.3 is 4.90 Å². The molecule has 0 aromatic heterocycles. The highest BCUT2D eigenvalue weighted by atomic mass is 16.2. The van der Waals surface area contributed by atoms with Crippen molar-refractivity contribution >= 4 is 22.9 Å². The molecule has 0 fully saturated rings. The minimum absolute atomic E-state index is 0.0195. The minimum atomic E-state index is 0.0195. The number of amides is 1. The lowest BCUT2D eigenvalue weighted by Crippen LogP contribution is -2.21. The summed E-state index contributed by atoms with van der Waals surface area (Å²) in [7, 11) is 3.85. The Kier molecular flexibility index (Phi) is 3.03. The number of rotatable bonds is 2. The smallest absolute Gasteiger partial charge is 0.265 e. The third kappa shape index (κ3) is 1.97. The highest BCUT2D eigenvalue weighted by Crippen LogP contribution is 2.41. The van der Waals surface area contributed by atoms with Crippen LogP contribution in [-0.2, 0) is 4.79 Å². The molecule has 100 valence electrons. The number of carbonyl (C=O) groups excluding carboxylic acids is 1. The van der Waals surface area contributed by atoms with E-state index in [4.69, 9.17) is 0 Å². The first-order valence-corrected chi connectivity index (χ1v) is 6.55. The zero-order chi connectivity index (χ0) is 14.1. The zero-order valence-electron chi connectivity index (χ0n) is 11.6. The van der Waals surface area contributed by atoms with E-state index in [0.29, 0.717) is 0 Å². The van der Waals surface area contributed by atoms with Gasteiger partial charge in [-0.1, -0.05) is 36.4 Å². The fourth-order valence-corrected chi connectivity index (χ4v) is 2.46. The van der Waals surface area contributed by atoms with E-state index in [9.17, 15) is 4.79 Å². The van der Waals surface area contributed by atoms with Crippen molar-refractivity contribution in [3.8, 4) is 0 Å². The van der Waals surface area contributed by atoms with Crippen molar-refractivity contribution in [3.05, 3.63) is 66.4 Å². The second-order valence-electron chi connectivity index (χ2n) is 5.00. The number of hydrogen-bond acceptors (Lipinski definition) is 2. The second-order valence-corrected chi connectivity index (χ2v) is 5.00. The van der Waals surface area contributed by atoms with Crippen LogP contribution in [0, 0.1) is 0 Å². The van der Waals surface area contributed by atoms with Crippen molar-refractivity contribution in [2.75, 3.05) is 19.0 Å². The Bertz CT molecular complexity index is 674. The van der Waals surface area contributed by atoms with Crippen LogP contribution < -0.4 is 4.90 Å². The first-order valence-electron chi connectivity index (χ1n) is 6.55. The van der Waals surface area contributed by atoms with Crippen LogP contribution in [0.2, 0.25) is 0 Å². The van der Waals surface area contributed by atoms with Crippen LogP contribution in [0.25, 0.3) is 5.57 Å². The predicted molar refractivity (Wildman–Crippen MR) is 81.7 cm³/mol. The molecule has 3 nitrogen and oxygen atoms in total. The molecule has 2 aromatic carbocycles. The number of hydrogen-bond donors (Lipinski definition) is 0. The molecule has 1 heterocycles. The Morgan fingerprint density at radius 3 is 2.30 bits per heavy atom. The Balaban J connectivity index is 2.17. The monoisotopic (exact) mass is 264 g/mol. The molecule has 0 saturated heterocycles. The van der Waals surface area contributed by atoms with E-state index in [-0.39, 0.29) is 5.91 Å². The van der Waals surface area contributed by atoms with Gasteiger partial charge in [0.1, 0.15) is 0 Å². The molecule has 1 aliphatic heterocycles. The lowest BCUT2D eigenvalue weighted by atomic mass is 10.1. The van der Waals surface area contributed by atoms with Crippen molar-refractivity contribution < 1.29 is 4.79 Å². The average molecular weight is 264 g/mol. The Labute approximate surface area is 118 Å². The number of fused-ring (bicyclic) bond motifs is 1. The average Bonchev–Trinajstić information content (AvgIpc) is 2.72. The van der Waals surface area contributed by atoms with Crippen molar-refractivity contribution in [2.45, 2.75) is 0 Å². The molecule has 20 heavy (non-hydrogen) atoms. The van der Waals surface area contributed by atoms with Crippen LogP contribution >= 0.6 is 0 Å². The molecule has 0 bridgehead atoms. The van der Waals surface area contributed by atoms with E-state index in [0.717, 1.165) is 22.5 Å². The maximum absolute atomic E-state index is 12.7. The summed E-state index contributed by atoms with van der Waals surface area (Å²) in [4.78, 5) is 16.4. The molecule has 0 unspecified atom stereocenters. The molecule has 0 radical (unpaired) electrons. The number of nitrogens with zero attached hydrogens (tertiary/aromatic N) is 2. The topological polar surface area (TPSA) is 23.6 Å². The molecule has 0 atom stereocenters. The van der Waals surface area contributed by atoms with Crippen molar-refractivity contribution in [2.24, 2.45) is 0 Å². The maximum atomic E-state index is 12.7. The largest absolute Gasteiger partial charge is 0.383 e. The third-order valence-electron chi connectivity index (χ3n) is 3.27. The summed E-state index contributed by atoms with van der Waals surface area (Å²) >= 11 is 0. The molecule has 1 aliphatic rings. The van der Waals surface area contributed by atoms with Gasteiger partial charge in [0.25, 0.3) is 5.91 Å². The van der Waals surface area contributed by atoms with E-state index in [1.807, 2.05) is 79.8 Å². The molecule has 1 amide bonds. The van der Waals surface area contributed by atoms with E-state index in [2.05, 4.69) is 0 Å². The Morgan fingerprint density at radius 2 is 1.60 bits per heavy atom. The van der Waals surface area contributed by atoms with Gasteiger partial charge in [-0.25, -0.2) is 0 Å². The lowest BCUT2D eigenvalue weighted by Gasteiger charge is -2.17. The van der Waals surface area contributed by atoms with E-state index in [1.165, 1.54) is 0 Å². The summed E-state index contributed by atoms with van der Waals surface area (Å²) in [5.74, 6) is 0.0195. The molecule has 0 N–H and O–H groups in total. The Hall–Kier alpha value is -2.55. The molecule has 2 aromatic rings. The number of carbonyl (C=O) groups is 1. The zero-order valence-corrected chi connectivity index (χ0v) is 11.6. The van der Waals surface area contributed by atoms with E-state index in [1.54, 1.807) is 4.90 Å². The van der Waals surface area contributed by atoms with Gasteiger partial charge in [-0.3, -0.25) is 9.69 Å². The number of benzene rings is 2. The van der Waals surface area contributed by atoms with Gasteiger partial charge in [-0.05, 0) is 18.2 Å². The normalized spacial score (nSPS) is 15.6. The molecular formula is C17H16N2O. The van der Waals surface area contributed by atoms with Gasteiger partial charge in [0.2, 0.25) is 0 Å². The summed E-state index contributed by atoms with van der Waals surface area (Å²) in [5, 5.41) is 0. The summed E-state index contributed by atoms with van der Waals surface area (Å²) in [5.41, 5.74) is 3.55. The van der Waals surface area contributed by atoms with Crippen LogP contribution in [0.5, 0.6) is 0 Å². The standard InChI is InChI=1S/C17H16N2O/c1-18(2)12-15-14-10-6-7-11-16(14)19(17(15)20)13-8-4-3-5-9-13/h3-12H,1-2H3/b15-12+. The van der Waals surface area contributed by atoms with Gasteiger partial charge in [0, 0.05) is 31.5 Å². The molecule has 3 rings (SSSR count). The molecular weight excluding hydrogens is 248 g/mol. The van der Waals surface area contributed by atoms with Gasteiger partial charge in [0.15, 0.2) is 0 Å². The number of anilines is 2. The van der Waals surface area contributed by atoms with Gasteiger partial charge in [0.05, 0.1) is 11.3 Å². The van der Waals surface area contributed by atoms with Crippen LogP contribution in [0.1, 0.15) is 5.56 Å². The second kappa shape index (κ2) is 4.85. The Morgan fingerprint density at radius 1 is 0.950 bits per heavy atom. The fourth-order valence-electron chi connectivity index (χ4n) is 2.46. The van der Waals surface area contributed by atoms with Crippen LogP contribution in [0.3, 0.4) is 0 Å². The summed E-state index contributed by atoms with van der Waals surface area (Å²) in [6.45, 7) is 0. The highest BCUT2D eigenvalue weighted by molar-refractivity contribution is 6.34. The fraction of sp³-hybridized carbons (Fsp3) is 0.118. The van der Waals surface area contributed by atoms with Crippen molar-refractivity contribution in [3.63, 3.8) is 0 Å². The van der Waals surface area contributed by atoms with Crippen molar-refractivity contribution in [1.82, 2.24) is 4.90 Å². The predicted octanol–water partition coefficient (Wildman–Crippen LogP) is 3.27. The maximum Gasteiger partial charge on any atom is 0.265 e. The molecule has 0 spiro atoms. The van der Waals surface area contributed by atoms with Gasteiger partial charge in [-0.15, -0.1) is 0 Å².